The molecule has 3 N–H and O–H groups in total. The lowest BCUT2D eigenvalue weighted by Gasteiger charge is -2.19. The van der Waals surface area contributed by atoms with Crippen molar-refractivity contribution in [3.05, 3.63) is 40.1 Å². The van der Waals surface area contributed by atoms with Crippen LogP contribution in [0.1, 0.15) is 16.1 Å². The number of H-pyrrole nitrogens is 1. The molecule has 1 amide bonds. The number of carbonyl (C=O) groups excluding carboxylic acids is 1. The first kappa shape index (κ1) is 12.6. The molecule has 94 valence electrons. The number of carbonyl (C=O) groups is 1. The van der Waals surface area contributed by atoms with Gasteiger partial charge in [0.25, 0.3) is 5.91 Å². The van der Waals surface area contributed by atoms with Crippen molar-refractivity contribution >= 4 is 33.2 Å². The summed E-state index contributed by atoms with van der Waals surface area (Å²) in [6, 6.07) is 5.41. The van der Waals surface area contributed by atoms with Gasteiger partial charge in [0, 0.05) is 17.2 Å². The fraction of sp³-hybridized carbons (Fsp3) is 0.167. The minimum absolute atomic E-state index is 0.143. The van der Waals surface area contributed by atoms with Crippen LogP contribution in [0.5, 0.6) is 0 Å². The van der Waals surface area contributed by atoms with Gasteiger partial charge in [-0.1, -0.05) is 15.9 Å². The Labute approximate surface area is 113 Å². The van der Waals surface area contributed by atoms with E-state index in [9.17, 15) is 4.79 Å². The number of aryl methyl sites for hydroxylation is 1. The molecule has 0 atom stereocenters. The molecule has 0 radical (unpaired) electrons. The molecule has 2 aromatic rings. The third-order valence-corrected chi connectivity index (χ3v) is 3.21. The maximum absolute atomic E-state index is 12.3. The van der Waals surface area contributed by atoms with Crippen LogP contribution in [0.2, 0.25) is 0 Å². The molecule has 1 aromatic carbocycles. The average molecular weight is 309 g/mol. The van der Waals surface area contributed by atoms with Gasteiger partial charge >= 0.3 is 0 Å². The third kappa shape index (κ3) is 2.24. The number of aromatic amines is 1. The zero-order valence-corrected chi connectivity index (χ0v) is 11.7. The highest BCUT2D eigenvalue weighted by molar-refractivity contribution is 9.10. The summed E-state index contributed by atoms with van der Waals surface area (Å²) in [6.07, 6.45) is 1.52. The molecule has 6 heteroatoms. The van der Waals surface area contributed by atoms with Crippen molar-refractivity contribution in [3.8, 4) is 0 Å². The van der Waals surface area contributed by atoms with Gasteiger partial charge in [-0.05, 0) is 25.1 Å². The van der Waals surface area contributed by atoms with Crippen LogP contribution in [0, 0.1) is 6.92 Å². The first-order valence-corrected chi connectivity index (χ1v) is 6.13. The Bertz CT molecular complexity index is 594. The molecule has 1 aromatic heterocycles. The summed E-state index contributed by atoms with van der Waals surface area (Å²) >= 11 is 3.33. The van der Waals surface area contributed by atoms with Gasteiger partial charge in [-0.15, -0.1) is 0 Å². The van der Waals surface area contributed by atoms with E-state index >= 15 is 0 Å². The Morgan fingerprint density at radius 3 is 2.78 bits per heavy atom. The lowest BCUT2D eigenvalue weighted by Crippen LogP contribution is -2.27. The van der Waals surface area contributed by atoms with Gasteiger partial charge in [-0.25, -0.2) is 0 Å². The SMILES string of the molecule is Cc1[nH]ncc1C(=O)N(C)c1ccc(Br)cc1N. The second-order valence-corrected chi connectivity index (χ2v) is 4.89. The molecule has 0 fully saturated rings. The van der Waals surface area contributed by atoms with E-state index in [1.807, 2.05) is 6.07 Å². The first-order chi connectivity index (χ1) is 8.50. The van der Waals surface area contributed by atoms with E-state index in [-0.39, 0.29) is 5.91 Å². The molecule has 0 aliphatic carbocycles. The van der Waals surface area contributed by atoms with Crippen LogP contribution < -0.4 is 10.6 Å². The van der Waals surface area contributed by atoms with Crippen LogP contribution in [0.3, 0.4) is 0 Å². The Kier molecular flexibility index (Phi) is 3.38. The summed E-state index contributed by atoms with van der Waals surface area (Å²) in [4.78, 5) is 13.8. The second-order valence-electron chi connectivity index (χ2n) is 3.98. The lowest BCUT2D eigenvalue weighted by atomic mass is 10.2. The van der Waals surface area contributed by atoms with Crippen molar-refractivity contribution < 1.29 is 4.79 Å². The van der Waals surface area contributed by atoms with Crippen molar-refractivity contribution in [3.63, 3.8) is 0 Å². The van der Waals surface area contributed by atoms with Crippen LogP contribution in [-0.2, 0) is 0 Å². The van der Waals surface area contributed by atoms with Crippen LogP contribution in [-0.4, -0.2) is 23.2 Å². The maximum atomic E-state index is 12.3. The van der Waals surface area contributed by atoms with E-state index < -0.39 is 0 Å². The zero-order valence-electron chi connectivity index (χ0n) is 10.1. The van der Waals surface area contributed by atoms with Crippen LogP contribution in [0.25, 0.3) is 0 Å². The maximum Gasteiger partial charge on any atom is 0.261 e. The number of nitrogens with zero attached hydrogens (tertiary/aromatic N) is 2. The number of hydrogen-bond acceptors (Lipinski definition) is 3. The molecule has 0 bridgehead atoms. The van der Waals surface area contributed by atoms with Crippen LogP contribution in [0.15, 0.2) is 28.9 Å². The van der Waals surface area contributed by atoms with E-state index in [0.29, 0.717) is 16.9 Å². The van der Waals surface area contributed by atoms with E-state index in [0.717, 1.165) is 10.2 Å². The normalized spacial score (nSPS) is 10.4. The molecule has 5 nitrogen and oxygen atoms in total. The smallest absolute Gasteiger partial charge is 0.261 e. The molecular weight excluding hydrogens is 296 g/mol. The molecule has 0 unspecified atom stereocenters. The molecule has 1 heterocycles. The number of rotatable bonds is 2. The fourth-order valence-corrected chi connectivity index (χ4v) is 2.07. The van der Waals surface area contributed by atoms with Crippen molar-refractivity contribution in [1.29, 1.82) is 0 Å². The van der Waals surface area contributed by atoms with Gasteiger partial charge in [-0.3, -0.25) is 9.89 Å². The Morgan fingerprint density at radius 1 is 1.50 bits per heavy atom. The number of benzene rings is 1. The van der Waals surface area contributed by atoms with E-state index in [4.69, 9.17) is 5.73 Å². The highest BCUT2D eigenvalue weighted by Gasteiger charge is 2.18. The second kappa shape index (κ2) is 4.81. The minimum atomic E-state index is -0.143. The molecule has 0 spiro atoms. The quantitative estimate of drug-likeness (QED) is 0.836. The topological polar surface area (TPSA) is 75.0 Å². The minimum Gasteiger partial charge on any atom is -0.397 e. The summed E-state index contributed by atoms with van der Waals surface area (Å²) in [5.74, 6) is -0.143. The molecule has 0 aliphatic rings. The van der Waals surface area contributed by atoms with Gasteiger partial charge in [0.1, 0.15) is 0 Å². The van der Waals surface area contributed by atoms with Crippen molar-refractivity contribution in [2.75, 3.05) is 17.7 Å². The van der Waals surface area contributed by atoms with Gasteiger partial charge < -0.3 is 10.6 Å². The summed E-state index contributed by atoms with van der Waals surface area (Å²) in [5, 5.41) is 6.59. The van der Waals surface area contributed by atoms with Crippen LogP contribution in [0.4, 0.5) is 11.4 Å². The molecule has 18 heavy (non-hydrogen) atoms. The van der Waals surface area contributed by atoms with Gasteiger partial charge in [-0.2, -0.15) is 5.10 Å². The highest BCUT2D eigenvalue weighted by atomic mass is 79.9. The number of halogens is 1. The molecule has 0 saturated carbocycles. The lowest BCUT2D eigenvalue weighted by molar-refractivity contribution is 0.0992. The molecule has 2 rings (SSSR count). The summed E-state index contributed by atoms with van der Waals surface area (Å²) in [5.41, 5.74) is 8.40. The Morgan fingerprint density at radius 2 is 2.22 bits per heavy atom. The number of nitrogens with one attached hydrogen (secondary N) is 1. The molecule has 0 aliphatic heterocycles. The predicted octanol–water partition coefficient (Wildman–Crippen LogP) is 2.34. The average Bonchev–Trinajstić information content (AvgIpc) is 2.74. The van der Waals surface area contributed by atoms with Crippen molar-refractivity contribution in [2.24, 2.45) is 0 Å². The number of nitrogens with two attached hydrogens (primary N) is 1. The predicted molar refractivity (Wildman–Crippen MR) is 74.6 cm³/mol. The summed E-state index contributed by atoms with van der Waals surface area (Å²) in [7, 11) is 1.69. The van der Waals surface area contributed by atoms with E-state index in [2.05, 4.69) is 26.1 Å². The number of hydrogen-bond donors (Lipinski definition) is 2. The Hall–Kier alpha value is -1.82. The largest absolute Gasteiger partial charge is 0.397 e. The van der Waals surface area contributed by atoms with E-state index in [1.54, 1.807) is 26.1 Å². The van der Waals surface area contributed by atoms with Gasteiger partial charge in [0.15, 0.2) is 0 Å². The molecule has 0 saturated heterocycles. The van der Waals surface area contributed by atoms with Gasteiger partial charge in [0.05, 0.1) is 23.1 Å². The van der Waals surface area contributed by atoms with E-state index in [1.165, 1.54) is 11.1 Å². The highest BCUT2D eigenvalue weighted by Crippen LogP contribution is 2.27. The standard InChI is InChI=1S/C12H13BrN4O/c1-7-9(6-15-16-7)12(18)17(2)11-4-3-8(13)5-10(11)14/h3-6H,14H2,1-2H3,(H,15,16). The first-order valence-electron chi connectivity index (χ1n) is 5.33. The zero-order chi connectivity index (χ0) is 13.3. The molecular formula is C12H13BrN4O. The number of amides is 1. The number of nitrogen functional groups attached to an aromatic ring is 1. The van der Waals surface area contributed by atoms with Gasteiger partial charge in [0.2, 0.25) is 0 Å². The number of aromatic nitrogens is 2. The van der Waals surface area contributed by atoms with Crippen LogP contribution >= 0.6 is 15.9 Å². The summed E-state index contributed by atoms with van der Waals surface area (Å²) < 4.78 is 0.879. The Balaban J connectivity index is 2.34. The monoisotopic (exact) mass is 308 g/mol. The fourth-order valence-electron chi connectivity index (χ4n) is 1.69. The third-order valence-electron chi connectivity index (χ3n) is 2.72. The van der Waals surface area contributed by atoms with Crippen molar-refractivity contribution in [1.82, 2.24) is 10.2 Å². The number of anilines is 2. The van der Waals surface area contributed by atoms with Crippen molar-refractivity contribution in [2.45, 2.75) is 6.92 Å². The summed E-state index contributed by atoms with van der Waals surface area (Å²) in [6.45, 7) is 1.80.